The summed E-state index contributed by atoms with van der Waals surface area (Å²) in [4.78, 5) is 36.6. The number of carbonyl (C=O) groups excluding carboxylic acids is 3. The number of rotatable bonds is 4. The van der Waals surface area contributed by atoms with Crippen LogP contribution in [0.5, 0.6) is 5.75 Å². The molecule has 1 heterocycles. The monoisotopic (exact) mass is 349 g/mol. The van der Waals surface area contributed by atoms with Gasteiger partial charge in [-0.1, -0.05) is 0 Å². The van der Waals surface area contributed by atoms with Gasteiger partial charge < -0.3 is 19.1 Å². The first-order chi connectivity index (χ1) is 11.7. The van der Waals surface area contributed by atoms with Gasteiger partial charge in [-0.05, 0) is 45.0 Å². The maximum Gasteiger partial charge on any atom is 0.410 e. The maximum absolute atomic E-state index is 12.0. The Morgan fingerprint density at radius 3 is 2.32 bits per heavy atom. The van der Waals surface area contributed by atoms with Crippen molar-refractivity contribution in [1.82, 2.24) is 4.90 Å². The summed E-state index contributed by atoms with van der Waals surface area (Å²) in [6.45, 7) is 6.49. The molecule has 2 rings (SSSR count). The third-order valence-electron chi connectivity index (χ3n) is 3.59. The Kier molecular flexibility index (Phi) is 5.66. The largest absolute Gasteiger partial charge is 0.489 e. The number of esters is 1. The molecule has 0 N–H and O–H groups in total. The molecule has 1 atom stereocenters. The fourth-order valence-corrected chi connectivity index (χ4v) is 2.40. The topological polar surface area (TPSA) is 82.1 Å². The van der Waals surface area contributed by atoms with E-state index in [9.17, 15) is 14.4 Å². The van der Waals surface area contributed by atoms with E-state index in [-0.39, 0.29) is 17.8 Å². The Bertz CT molecular complexity index is 647. The summed E-state index contributed by atoms with van der Waals surface area (Å²) in [6, 6.07) is 6.25. The van der Waals surface area contributed by atoms with Gasteiger partial charge in [0.05, 0.1) is 13.7 Å². The van der Waals surface area contributed by atoms with Gasteiger partial charge in [0, 0.05) is 18.5 Å². The molecular formula is C18H23NO6. The molecule has 25 heavy (non-hydrogen) atoms. The second-order valence-corrected chi connectivity index (χ2v) is 6.80. The van der Waals surface area contributed by atoms with Crippen molar-refractivity contribution in [2.24, 2.45) is 0 Å². The van der Waals surface area contributed by atoms with Crippen molar-refractivity contribution in [3.8, 4) is 5.75 Å². The van der Waals surface area contributed by atoms with Crippen LogP contribution in [0.1, 0.15) is 37.6 Å². The molecule has 0 bridgehead atoms. The summed E-state index contributed by atoms with van der Waals surface area (Å²) < 4.78 is 15.6. The minimum atomic E-state index is -0.905. The number of hydrogen-bond donors (Lipinski definition) is 0. The molecular weight excluding hydrogens is 326 g/mol. The molecule has 136 valence electrons. The summed E-state index contributed by atoms with van der Waals surface area (Å²) >= 11 is 0. The Labute approximate surface area is 146 Å². The van der Waals surface area contributed by atoms with Gasteiger partial charge in [0.2, 0.25) is 0 Å². The zero-order chi connectivity index (χ0) is 18.6. The van der Waals surface area contributed by atoms with Gasteiger partial charge in [-0.25, -0.2) is 9.59 Å². The molecule has 1 amide bonds. The molecule has 7 nitrogen and oxygen atoms in total. The summed E-state index contributed by atoms with van der Waals surface area (Å²) in [5.74, 6) is -1.04. The zero-order valence-corrected chi connectivity index (χ0v) is 14.9. The van der Waals surface area contributed by atoms with E-state index >= 15 is 0 Å². The Balaban J connectivity index is 1.90. The standard InChI is InChI=1S/C18H23NO6/c1-18(2,3)25-17(22)19-10-9-14(11-19)24-13-7-5-12(6-8-13)15(20)16(21)23-4/h5-8,14H,9-11H2,1-4H3/t14-/m0/s1. The van der Waals surface area contributed by atoms with Gasteiger partial charge in [0.15, 0.2) is 0 Å². The minimum absolute atomic E-state index is 0.144. The first kappa shape index (κ1) is 18.8. The SMILES string of the molecule is COC(=O)C(=O)c1ccc(O[C@H]2CCN(C(=O)OC(C)(C)C)C2)cc1. The van der Waals surface area contributed by atoms with Gasteiger partial charge in [-0.15, -0.1) is 0 Å². The van der Waals surface area contributed by atoms with Crippen molar-refractivity contribution in [2.45, 2.75) is 38.9 Å². The molecule has 0 aromatic heterocycles. The van der Waals surface area contributed by atoms with E-state index in [1.165, 1.54) is 12.1 Å². The van der Waals surface area contributed by atoms with E-state index in [4.69, 9.17) is 9.47 Å². The molecule has 1 fully saturated rings. The average molecular weight is 349 g/mol. The van der Waals surface area contributed by atoms with Crippen LogP contribution in [0, 0.1) is 0 Å². The van der Waals surface area contributed by atoms with Crippen molar-refractivity contribution >= 4 is 17.8 Å². The predicted molar refractivity (Wildman–Crippen MR) is 89.6 cm³/mol. The van der Waals surface area contributed by atoms with Gasteiger partial charge in [-0.2, -0.15) is 0 Å². The van der Waals surface area contributed by atoms with E-state index in [1.807, 2.05) is 20.8 Å². The van der Waals surface area contributed by atoms with E-state index in [2.05, 4.69) is 4.74 Å². The predicted octanol–water partition coefficient (Wildman–Crippen LogP) is 2.43. The molecule has 1 aliphatic rings. The smallest absolute Gasteiger partial charge is 0.410 e. The lowest BCUT2D eigenvalue weighted by atomic mass is 10.1. The van der Waals surface area contributed by atoms with Gasteiger partial charge >= 0.3 is 12.1 Å². The molecule has 0 spiro atoms. The lowest BCUT2D eigenvalue weighted by molar-refractivity contribution is -0.135. The molecule has 1 saturated heterocycles. The van der Waals surface area contributed by atoms with Crippen molar-refractivity contribution < 1.29 is 28.6 Å². The van der Waals surface area contributed by atoms with E-state index < -0.39 is 17.4 Å². The van der Waals surface area contributed by atoms with E-state index in [0.29, 0.717) is 25.3 Å². The second kappa shape index (κ2) is 7.55. The first-order valence-electron chi connectivity index (χ1n) is 8.07. The van der Waals surface area contributed by atoms with Gasteiger partial charge in [0.1, 0.15) is 17.5 Å². The number of Topliss-reactive ketones (excluding diaryl/α,β-unsaturated/α-hetero) is 1. The third kappa shape index (κ3) is 5.20. The van der Waals surface area contributed by atoms with Crippen LogP contribution < -0.4 is 4.74 Å². The lowest BCUT2D eigenvalue weighted by Crippen LogP contribution is -2.36. The normalized spacial score (nSPS) is 17.1. The number of nitrogens with zero attached hydrogens (tertiary/aromatic N) is 1. The molecule has 0 radical (unpaired) electrons. The highest BCUT2D eigenvalue weighted by molar-refractivity contribution is 6.40. The van der Waals surface area contributed by atoms with Crippen LogP contribution in [0.25, 0.3) is 0 Å². The summed E-state index contributed by atoms with van der Waals surface area (Å²) in [6.07, 6.45) is 0.203. The molecule has 0 saturated carbocycles. The first-order valence-corrected chi connectivity index (χ1v) is 8.07. The zero-order valence-electron chi connectivity index (χ0n) is 14.9. The van der Waals surface area contributed by atoms with E-state index in [1.54, 1.807) is 17.0 Å². The average Bonchev–Trinajstić information content (AvgIpc) is 3.01. The Morgan fingerprint density at radius 1 is 1.12 bits per heavy atom. The molecule has 0 unspecified atom stereocenters. The second-order valence-electron chi connectivity index (χ2n) is 6.80. The van der Waals surface area contributed by atoms with Crippen LogP contribution in [0.15, 0.2) is 24.3 Å². The van der Waals surface area contributed by atoms with E-state index in [0.717, 1.165) is 7.11 Å². The highest BCUT2D eigenvalue weighted by atomic mass is 16.6. The van der Waals surface area contributed by atoms with Crippen LogP contribution in [0.3, 0.4) is 0 Å². The highest BCUT2D eigenvalue weighted by Crippen LogP contribution is 2.21. The maximum atomic E-state index is 12.0. The summed E-state index contributed by atoms with van der Waals surface area (Å²) in [5, 5.41) is 0. The number of ketones is 1. The lowest BCUT2D eigenvalue weighted by Gasteiger charge is -2.24. The van der Waals surface area contributed by atoms with Crippen LogP contribution in [-0.4, -0.2) is 54.7 Å². The Hall–Kier alpha value is -2.57. The molecule has 0 aliphatic carbocycles. The summed E-state index contributed by atoms with van der Waals surface area (Å²) in [5.41, 5.74) is -0.293. The molecule has 1 aromatic carbocycles. The van der Waals surface area contributed by atoms with Crippen LogP contribution in [0.2, 0.25) is 0 Å². The number of amides is 1. The Morgan fingerprint density at radius 2 is 1.76 bits per heavy atom. The minimum Gasteiger partial charge on any atom is -0.489 e. The number of benzene rings is 1. The quantitative estimate of drug-likeness (QED) is 0.472. The molecule has 1 aliphatic heterocycles. The van der Waals surface area contributed by atoms with Gasteiger partial charge in [-0.3, -0.25) is 4.79 Å². The van der Waals surface area contributed by atoms with Crippen LogP contribution in [-0.2, 0) is 14.3 Å². The fourth-order valence-electron chi connectivity index (χ4n) is 2.40. The highest BCUT2D eigenvalue weighted by Gasteiger charge is 2.30. The molecule has 7 heteroatoms. The molecule has 1 aromatic rings. The third-order valence-corrected chi connectivity index (χ3v) is 3.59. The van der Waals surface area contributed by atoms with Crippen molar-refractivity contribution in [2.75, 3.05) is 20.2 Å². The number of likely N-dealkylation sites (tertiary alicyclic amines) is 1. The number of hydrogen-bond acceptors (Lipinski definition) is 6. The van der Waals surface area contributed by atoms with Crippen molar-refractivity contribution in [3.63, 3.8) is 0 Å². The number of ether oxygens (including phenoxy) is 3. The van der Waals surface area contributed by atoms with Gasteiger partial charge in [0.25, 0.3) is 5.78 Å². The van der Waals surface area contributed by atoms with Crippen LogP contribution in [0.4, 0.5) is 4.79 Å². The fraction of sp³-hybridized carbons (Fsp3) is 0.500. The van der Waals surface area contributed by atoms with Crippen LogP contribution >= 0.6 is 0 Å². The van der Waals surface area contributed by atoms with Crippen molar-refractivity contribution in [1.29, 1.82) is 0 Å². The number of carbonyl (C=O) groups is 3. The van der Waals surface area contributed by atoms with Crippen molar-refractivity contribution in [3.05, 3.63) is 29.8 Å². The summed E-state index contributed by atoms with van der Waals surface area (Å²) in [7, 11) is 1.16. The number of methoxy groups -OCH3 is 1.